The molecule has 2 nitrogen and oxygen atoms in total. The Kier molecular flexibility index (Phi) is 3.33. The minimum Gasteiger partial charge on any atom is -0.311 e. The molecule has 2 atom stereocenters. The molecule has 0 aromatic heterocycles. The molecule has 1 saturated heterocycles. The van der Waals surface area contributed by atoms with Crippen LogP contribution < -0.4 is 5.32 Å². The summed E-state index contributed by atoms with van der Waals surface area (Å²) in [5.74, 6) is 1.68. The first-order valence-electron chi connectivity index (χ1n) is 6.95. The van der Waals surface area contributed by atoms with E-state index in [1.165, 1.54) is 25.9 Å². The first-order chi connectivity index (χ1) is 7.45. The highest BCUT2D eigenvalue weighted by atomic mass is 15.3. The van der Waals surface area contributed by atoms with Gasteiger partial charge >= 0.3 is 0 Å². The number of rotatable bonds is 3. The van der Waals surface area contributed by atoms with Crippen LogP contribution in [0.5, 0.6) is 0 Å². The van der Waals surface area contributed by atoms with Crippen molar-refractivity contribution in [3.63, 3.8) is 0 Å². The van der Waals surface area contributed by atoms with Gasteiger partial charge < -0.3 is 5.32 Å². The lowest BCUT2D eigenvalue weighted by Crippen LogP contribution is -2.67. The van der Waals surface area contributed by atoms with Gasteiger partial charge in [-0.2, -0.15) is 0 Å². The second kappa shape index (κ2) is 4.30. The first-order valence-corrected chi connectivity index (χ1v) is 6.95. The van der Waals surface area contributed by atoms with Gasteiger partial charge in [0.25, 0.3) is 0 Å². The van der Waals surface area contributed by atoms with Crippen LogP contribution in [0.4, 0.5) is 0 Å². The quantitative estimate of drug-likeness (QED) is 0.792. The summed E-state index contributed by atoms with van der Waals surface area (Å²) in [4.78, 5) is 2.76. The molecule has 2 rings (SSSR count). The summed E-state index contributed by atoms with van der Waals surface area (Å²) in [5.41, 5.74) is 0.416. The predicted molar refractivity (Wildman–Crippen MR) is 69.6 cm³/mol. The highest BCUT2D eigenvalue weighted by Crippen LogP contribution is 2.44. The maximum Gasteiger partial charge on any atom is 0.0337 e. The van der Waals surface area contributed by atoms with Gasteiger partial charge in [-0.1, -0.05) is 13.8 Å². The number of nitrogens with zero attached hydrogens (tertiary/aromatic N) is 1. The molecular weight excluding hydrogens is 196 g/mol. The maximum absolute atomic E-state index is 3.77. The van der Waals surface area contributed by atoms with E-state index in [1.54, 1.807) is 0 Å². The molecule has 2 unspecified atom stereocenters. The number of piperazine rings is 1. The lowest BCUT2D eigenvalue weighted by Gasteiger charge is -2.51. The van der Waals surface area contributed by atoms with E-state index < -0.39 is 0 Å². The topological polar surface area (TPSA) is 15.3 Å². The van der Waals surface area contributed by atoms with Crippen LogP contribution in [0.25, 0.3) is 0 Å². The van der Waals surface area contributed by atoms with Gasteiger partial charge in [-0.3, -0.25) is 4.90 Å². The summed E-state index contributed by atoms with van der Waals surface area (Å²) in [7, 11) is 0. The normalized spacial score (nSPS) is 37.3. The molecular formula is C14H28N2. The Labute approximate surface area is 101 Å². The van der Waals surface area contributed by atoms with Crippen molar-refractivity contribution >= 4 is 0 Å². The van der Waals surface area contributed by atoms with Crippen molar-refractivity contribution < 1.29 is 0 Å². The third kappa shape index (κ3) is 2.14. The van der Waals surface area contributed by atoms with Crippen molar-refractivity contribution in [1.82, 2.24) is 10.2 Å². The van der Waals surface area contributed by atoms with Crippen LogP contribution in [0.3, 0.4) is 0 Å². The Balaban J connectivity index is 2.10. The summed E-state index contributed by atoms with van der Waals surface area (Å²) in [6.45, 7) is 14.2. The fourth-order valence-electron chi connectivity index (χ4n) is 3.26. The lowest BCUT2D eigenvalue weighted by atomic mass is 9.86. The molecule has 2 aliphatic rings. The van der Waals surface area contributed by atoms with E-state index in [-0.39, 0.29) is 0 Å². The fourth-order valence-corrected chi connectivity index (χ4v) is 3.26. The Morgan fingerprint density at radius 1 is 1.19 bits per heavy atom. The van der Waals surface area contributed by atoms with E-state index in [4.69, 9.17) is 0 Å². The van der Waals surface area contributed by atoms with Gasteiger partial charge in [-0.15, -0.1) is 0 Å². The zero-order chi connectivity index (χ0) is 11.9. The van der Waals surface area contributed by atoms with E-state index in [2.05, 4.69) is 44.8 Å². The van der Waals surface area contributed by atoms with Crippen molar-refractivity contribution in [2.45, 2.75) is 65.1 Å². The van der Waals surface area contributed by atoms with Crippen LogP contribution in [-0.4, -0.2) is 35.6 Å². The Bertz CT molecular complexity index is 245. The minimum absolute atomic E-state index is 0.416. The number of hydrogen-bond donors (Lipinski definition) is 1. The third-order valence-electron chi connectivity index (χ3n) is 4.66. The zero-order valence-electron chi connectivity index (χ0n) is 11.6. The van der Waals surface area contributed by atoms with Crippen LogP contribution in [-0.2, 0) is 0 Å². The van der Waals surface area contributed by atoms with Crippen molar-refractivity contribution in [3.8, 4) is 0 Å². The summed E-state index contributed by atoms with van der Waals surface area (Å²) >= 11 is 0. The molecule has 0 bridgehead atoms. The average molecular weight is 224 g/mol. The molecule has 0 radical (unpaired) electrons. The van der Waals surface area contributed by atoms with Crippen LogP contribution in [0.1, 0.15) is 47.5 Å². The monoisotopic (exact) mass is 224 g/mol. The van der Waals surface area contributed by atoms with E-state index in [0.29, 0.717) is 17.6 Å². The molecule has 1 heterocycles. The van der Waals surface area contributed by atoms with E-state index >= 15 is 0 Å². The van der Waals surface area contributed by atoms with Crippen molar-refractivity contribution in [1.29, 1.82) is 0 Å². The van der Waals surface area contributed by atoms with Gasteiger partial charge in [0.05, 0.1) is 0 Å². The Morgan fingerprint density at radius 3 is 2.25 bits per heavy atom. The summed E-state index contributed by atoms with van der Waals surface area (Å²) in [5, 5.41) is 3.77. The van der Waals surface area contributed by atoms with Gasteiger partial charge in [-0.25, -0.2) is 0 Å². The van der Waals surface area contributed by atoms with Gasteiger partial charge in [-0.05, 0) is 45.4 Å². The van der Waals surface area contributed by atoms with Gasteiger partial charge in [0.15, 0.2) is 0 Å². The fraction of sp³-hybridized carbons (Fsp3) is 1.00. The number of hydrogen-bond acceptors (Lipinski definition) is 2. The van der Waals surface area contributed by atoms with Crippen LogP contribution in [0, 0.1) is 11.8 Å². The molecule has 1 aliphatic carbocycles. The Hall–Kier alpha value is -0.0800. The van der Waals surface area contributed by atoms with E-state index in [0.717, 1.165) is 11.8 Å². The van der Waals surface area contributed by atoms with Gasteiger partial charge in [0.2, 0.25) is 0 Å². The second-order valence-corrected chi connectivity index (χ2v) is 6.61. The minimum atomic E-state index is 0.416. The summed E-state index contributed by atoms with van der Waals surface area (Å²) in [6, 6.07) is 1.35. The third-order valence-corrected chi connectivity index (χ3v) is 4.66. The van der Waals surface area contributed by atoms with Crippen LogP contribution in [0.2, 0.25) is 0 Å². The number of nitrogens with one attached hydrogen (secondary N) is 1. The van der Waals surface area contributed by atoms with Crippen molar-refractivity contribution in [2.24, 2.45) is 11.8 Å². The molecule has 0 spiro atoms. The Morgan fingerprint density at radius 2 is 1.81 bits per heavy atom. The van der Waals surface area contributed by atoms with E-state index in [9.17, 15) is 0 Å². The van der Waals surface area contributed by atoms with Crippen LogP contribution in [0.15, 0.2) is 0 Å². The molecule has 2 fully saturated rings. The highest BCUT2D eigenvalue weighted by Gasteiger charge is 2.49. The highest BCUT2D eigenvalue weighted by molar-refractivity contribution is 5.06. The van der Waals surface area contributed by atoms with Gasteiger partial charge in [0.1, 0.15) is 0 Å². The molecule has 2 heteroatoms. The van der Waals surface area contributed by atoms with Gasteiger partial charge in [0, 0.05) is 30.7 Å². The maximum atomic E-state index is 3.77. The molecule has 1 aliphatic heterocycles. The summed E-state index contributed by atoms with van der Waals surface area (Å²) < 4.78 is 0. The smallest absolute Gasteiger partial charge is 0.0337 e. The molecule has 1 N–H and O–H groups in total. The molecule has 0 aromatic rings. The van der Waals surface area contributed by atoms with Crippen molar-refractivity contribution in [2.75, 3.05) is 13.1 Å². The lowest BCUT2D eigenvalue weighted by molar-refractivity contribution is 0.00128. The second-order valence-electron chi connectivity index (χ2n) is 6.61. The summed E-state index contributed by atoms with van der Waals surface area (Å²) in [6.07, 6.45) is 2.88. The largest absolute Gasteiger partial charge is 0.311 e. The SMILES string of the molecule is CC(C)C1CN(C(C)C)C(C)(C2CC2)CN1. The zero-order valence-corrected chi connectivity index (χ0v) is 11.6. The molecule has 94 valence electrons. The molecule has 0 amide bonds. The van der Waals surface area contributed by atoms with E-state index in [1.807, 2.05) is 0 Å². The molecule has 0 aromatic carbocycles. The predicted octanol–water partition coefficient (Wildman–Crippen LogP) is 2.49. The van der Waals surface area contributed by atoms with Crippen LogP contribution >= 0.6 is 0 Å². The molecule has 1 saturated carbocycles. The molecule has 16 heavy (non-hydrogen) atoms. The average Bonchev–Trinajstić information content (AvgIpc) is 3.00. The van der Waals surface area contributed by atoms with Crippen molar-refractivity contribution in [3.05, 3.63) is 0 Å². The first kappa shape index (κ1) is 12.4. The standard InChI is InChI=1S/C14H28N2/c1-10(2)13-8-16(11(3)4)14(5,9-15-13)12-6-7-12/h10-13,15H,6-9H2,1-5H3.